The summed E-state index contributed by atoms with van der Waals surface area (Å²) in [5.41, 5.74) is 1.17. The van der Waals surface area contributed by atoms with Gasteiger partial charge in [-0.05, 0) is 50.0 Å². The van der Waals surface area contributed by atoms with Crippen molar-refractivity contribution in [3.8, 4) is 0 Å². The Morgan fingerprint density at radius 1 is 1.06 bits per heavy atom. The van der Waals surface area contributed by atoms with Gasteiger partial charge in [-0.3, -0.25) is 4.79 Å². The molecule has 0 bridgehead atoms. The molecular formula is C16H26O. The van der Waals surface area contributed by atoms with E-state index in [1.807, 2.05) is 0 Å². The van der Waals surface area contributed by atoms with Crippen LogP contribution in [-0.2, 0) is 4.79 Å². The Morgan fingerprint density at radius 3 is 2.53 bits per heavy atom. The lowest BCUT2D eigenvalue weighted by Gasteiger charge is -2.26. The second-order valence-corrected chi connectivity index (χ2v) is 6.00. The maximum absolute atomic E-state index is 12.5. The van der Waals surface area contributed by atoms with Crippen molar-refractivity contribution in [1.82, 2.24) is 0 Å². The lowest BCUT2D eigenvalue weighted by Crippen LogP contribution is -2.22. The maximum Gasteiger partial charge on any atom is 0.161 e. The molecule has 0 aliphatic heterocycles. The minimum Gasteiger partial charge on any atom is -0.294 e. The molecule has 2 aliphatic rings. The van der Waals surface area contributed by atoms with Gasteiger partial charge in [0.05, 0.1) is 0 Å². The molecule has 1 fully saturated rings. The molecule has 0 radical (unpaired) electrons. The summed E-state index contributed by atoms with van der Waals surface area (Å²) in [4.78, 5) is 12.5. The number of carbonyl (C=O) groups excluding carboxylic acids is 1. The molecule has 0 spiro atoms. The van der Waals surface area contributed by atoms with E-state index in [0.29, 0.717) is 11.7 Å². The minimum atomic E-state index is 0.358. The van der Waals surface area contributed by atoms with Crippen LogP contribution in [0.2, 0.25) is 0 Å². The van der Waals surface area contributed by atoms with E-state index < -0.39 is 0 Å². The summed E-state index contributed by atoms with van der Waals surface area (Å²) in [6.07, 6.45) is 14.4. The van der Waals surface area contributed by atoms with Crippen LogP contribution in [0.15, 0.2) is 11.6 Å². The quantitative estimate of drug-likeness (QED) is 0.679. The highest BCUT2D eigenvalue weighted by atomic mass is 16.1. The van der Waals surface area contributed by atoms with Crippen molar-refractivity contribution in [2.24, 2.45) is 11.8 Å². The predicted molar refractivity (Wildman–Crippen MR) is 71.9 cm³/mol. The number of ketones is 1. The Balaban J connectivity index is 1.93. The van der Waals surface area contributed by atoms with Crippen molar-refractivity contribution in [1.29, 1.82) is 0 Å². The summed E-state index contributed by atoms with van der Waals surface area (Å²) < 4.78 is 0. The average molecular weight is 234 g/mol. The molecule has 1 saturated carbocycles. The van der Waals surface area contributed by atoms with Crippen molar-refractivity contribution in [3.05, 3.63) is 11.6 Å². The van der Waals surface area contributed by atoms with Gasteiger partial charge in [-0.15, -0.1) is 0 Å². The van der Waals surface area contributed by atoms with Crippen LogP contribution in [0.25, 0.3) is 0 Å². The molecule has 96 valence electrons. The molecule has 17 heavy (non-hydrogen) atoms. The number of Topliss-reactive ketones (excluding diaryl/α,β-unsaturated/α-hetero) is 1. The third-order valence-electron chi connectivity index (χ3n) is 4.49. The number of hydrogen-bond donors (Lipinski definition) is 0. The summed E-state index contributed by atoms with van der Waals surface area (Å²) in [7, 11) is 0. The van der Waals surface area contributed by atoms with Crippen LogP contribution >= 0.6 is 0 Å². The number of allylic oxidation sites excluding steroid dienone is 2. The van der Waals surface area contributed by atoms with Gasteiger partial charge in [-0.1, -0.05) is 38.7 Å². The van der Waals surface area contributed by atoms with Gasteiger partial charge < -0.3 is 0 Å². The largest absolute Gasteiger partial charge is 0.294 e. The lowest BCUT2D eigenvalue weighted by molar-refractivity contribution is -0.120. The molecule has 2 aliphatic carbocycles. The minimum absolute atomic E-state index is 0.358. The molecule has 0 aromatic heterocycles. The summed E-state index contributed by atoms with van der Waals surface area (Å²) in [5, 5.41) is 0. The van der Waals surface area contributed by atoms with Gasteiger partial charge in [0, 0.05) is 5.92 Å². The van der Waals surface area contributed by atoms with Crippen molar-refractivity contribution in [2.45, 2.75) is 71.1 Å². The number of rotatable bonds is 2. The zero-order chi connectivity index (χ0) is 12.1. The first-order valence-corrected chi connectivity index (χ1v) is 7.50. The SMILES string of the molecule is CC1CCC(C(=O)C2=CCCCCCC2)CC1. The second-order valence-electron chi connectivity index (χ2n) is 6.00. The Morgan fingerprint density at radius 2 is 1.76 bits per heavy atom. The molecule has 0 aromatic rings. The van der Waals surface area contributed by atoms with Gasteiger partial charge >= 0.3 is 0 Å². The molecule has 0 N–H and O–H groups in total. The van der Waals surface area contributed by atoms with E-state index >= 15 is 0 Å². The second kappa shape index (κ2) is 6.37. The topological polar surface area (TPSA) is 17.1 Å². The first-order chi connectivity index (χ1) is 8.27. The average Bonchev–Trinajstić information content (AvgIpc) is 2.29. The van der Waals surface area contributed by atoms with E-state index in [9.17, 15) is 4.79 Å². The van der Waals surface area contributed by atoms with Gasteiger partial charge in [-0.2, -0.15) is 0 Å². The Kier molecular flexibility index (Phi) is 4.82. The zero-order valence-corrected chi connectivity index (χ0v) is 11.2. The van der Waals surface area contributed by atoms with Crippen LogP contribution in [0.3, 0.4) is 0 Å². The summed E-state index contributed by atoms with van der Waals surface area (Å²) in [6, 6.07) is 0. The fourth-order valence-corrected chi connectivity index (χ4v) is 3.20. The summed E-state index contributed by atoms with van der Waals surface area (Å²) >= 11 is 0. The third kappa shape index (κ3) is 3.69. The van der Waals surface area contributed by atoms with E-state index in [1.54, 1.807) is 0 Å². The van der Waals surface area contributed by atoms with Crippen molar-refractivity contribution >= 4 is 5.78 Å². The maximum atomic E-state index is 12.5. The van der Waals surface area contributed by atoms with Crippen LogP contribution in [0.5, 0.6) is 0 Å². The fourth-order valence-electron chi connectivity index (χ4n) is 3.20. The molecule has 0 unspecified atom stereocenters. The molecule has 0 amide bonds. The molecular weight excluding hydrogens is 208 g/mol. The van der Waals surface area contributed by atoms with Crippen molar-refractivity contribution in [2.75, 3.05) is 0 Å². The highest BCUT2D eigenvalue weighted by Gasteiger charge is 2.26. The first kappa shape index (κ1) is 12.9. The monoisotopic (exact) mass is 234 g/mol. The van der Waals surface area contributed by atoms with Crippen LogP contribution in [0, 0.1) is 11.8 Å². The number of hydrogen-bond acceptors (Lipinski definition) is 1. The smallest absolute Gasteiger partial charge is 0.161 e. The van der Waals surface area contributed by atoms with Crippen molar-refractivity contribution < 1.29 is 4.79 Å². The first-order valence-electron chi connectivity index (χ1n) is 7.50. The van der Waals surface area contributed by atoms with Crippen LogP contribution in [-0.4, -0.2) is 5.78 Å². The predicted octanol–water partition coefficient (Wildman–Crippen LogP) is 4.66. The Labute approximate surface area is 106 Å². The Hall–Kier alpha value is -0.590. The molecule has 1 nitrogen and oxygen atoms in total. The van der Waals surface area contributed by atoms with Gasteiger partial charge in [0.1, 0.15) is 0 Å². The molecule has 0 heterocycles. The highest BCUT2D eigenvalue weighted by Crippen LogP contribution is 2.32. The van der Waals surface area contributed by atoms with Crippen LogP contribution in [0.1, 0.15) is 71.1 Å². The summed E-state index contributed by atoms with van der Waals surface area (Å²) in [5.74, 6) is 1.70. The van der Waals surface area contributed by atoms with Gasteiger partial charge in [0.2, 0.25) is 0 Å². The Bertz CT molecular complexity index is 282. The lowest BCUT2D eigenvalue weighted by atomic mass is 9.78. The molecule has 0 saturated heterocycles. The highest BCUT2D eigenvalue weighted by molar-refractivity contribution is 5.97. The van der Waals surface area contributed by atoms with Gasteiger partial charge in [0.15, 0.2) is 5.78 Å². The van der Waals surface area contributed by atoms with E-state index in [4.69, 9.17) is 0 Å². The standard InChI is InChI=1S/C16H26O/c1-13-9-11-15(12-10-13)16(17)14-7-5-3-2-4-6-8-14/h7,13,15H,2-6,8-12H2,1H3. The molecule has 2 rings (SSSR count). The third-order valence-corrected chi connectivity index (χ3v) is 4.49. The summed E-state index contributed by atoms with van der Waals surface area (Å²) in [6.45, 7) is 2.32. The van der Waals surface area contributed by atoms with E-state index in [0.717, 1.165) is 31.6 Å². The fraction of sp³-hybridized carbons (Fsp3) is 0.812. The van der Waals surface area contributed by atoms with E-state index in [-0.39, 0.29) is 0 Å². The van der Waals surface area contributed by atoms with Crippen molar-refractivity contribution in [3.63, 3.8) is 0 Å². The van der Waals surface area contributed by atoms with E-state index in [1.165, 1.54) is 44.1 Å². The molecule has 1 heteroatoms. The van der Waals surface area contributed by atoms with Gasteiger partial charge in [-0.25, -0.2) is 0 Å². The van der Waals surface area contributed by atoms with Crippen LogP contribution in [0.4, 0.5) is 0 Å². The van der Waals surface area contributed by atoms with Crippen LogP contribution < -0.4 is 0 Å². The van der Waals surface area contributed by atoms with Gasteiger partial charge in [0.25, 0.3) is 0 Å². The number of carbonyl (C=O) groups is 1. The van der Waals surface area contributed by atoms with E-state index in [2.05, 4.69) is 13.0 Å². The zero-order valence-electron chi connectivity index (χ0n) is 11.2. The normalized spacial score (nSPS) is 31.2. The molecule has 0 atom stereocenters. The molecule has 0 aromatic carbocycles.